The minimum Gasteiger partial charge on any atom is -0.509 e. The molecular weight excluding hydrogens is 364 g/mol. The third-order valence-electron chi connectivity index (χ3n) is 5.14. The van der Waals surface area contributed by atoms with Gasteiger partial charge in [-0.2, -0.15) is 0 Å². The van der Waals surface area contributed by atoms with Crippen LogP contribution < -0.4 is 10.2 Å². The van der Waals surface area contributed by atoms with Crippen molar-refractivity contribution in [1.29, 1.82) is 0 Å². The fourth-order valence-electron chi connectivity index (χ4n) is 3.31. The third-order valence-corrected chi connectivity index (χ3v) is 5.14. The van der Waals surface area contributed by atoms with Crippen LogP contribution in [-0.2, 0) is 15.0 Å². The number of carbonyl (C=O) groups excluding carboxylic acids is 2. The molecule has 0 unspecified atom stereocenters. The molecule has 2 N–H and O–H groups in total. The lowest BCUT2D eigenvalue weighted by molar-refractivity contribution is -0.119. The second kappa shape index (κ2) is 7.74. The summed E-state index contributed by atoms with van der Waals surface area (Å²) in [6.07, 6.45) is 0. The Hall–Kier alpha value is -3.08. The van der Waals surface area contributed by atoms with Gasteiger partial charge < -0.3 is 15.3 Å². The van der Waals surface area contributed by atoms with E-state index in [1.807, 2.05) is 42.5 Å². The van der Waals surface area contributed by atoms with Gasteiger partial charge in [0.2, 0.25) is 0 Å². The number of nitrogens with zero attached hydrogens (tertiary/aromatic N) is 1. The van der Waals surface area contributed by atoms with Gasteiger partial charge >= 0.3 is 0 Å². The van der Waals surface area contributed by atoms with Crippen LogP contribution in [0.3, 0.4) is 0 Å². The molecule has 0 fully saturated rings. The molecule has 1 heterocycles. The number of rotatable bonds is 4. The average molecular weight is 392 g/mol. The van der Waals surface area contributed by atoms with E-state index in [9.17, 15) is 14.7 Å². The number of carbonyl (C=O) groups is 2. The molecule has 1 aliphatic heterocycles. The lowest BCUT2D eigenvalue weighted by atomic mass is 9.87. The van der Waals surface area contributed by atoms with Crippen LogP contribution in [0.2, 0.25) is 0 Å². The molecule has 0 saturated heterocycles. The molecule has 152 valence electrons. The van der Waals surface area contributed by atoms with Gasteiger partial charge in [-0.25, -0.2) is 0 Å². The highest BCUT2D eigenvalue weighted by molar-refractivity contribution is 6.29. The molecule has 0 radical (unpaired) electrons. The highest BCUT2D eigenvalue weighted by Crippen LogP contribution is 2.29. The van der Waals surface area contributed by atoms with E-state index in [0.29, 0.717) is 17.3 Å². The molecule has 2 aromatic rings. The first kappa shape index (κ1) is 20.6. The quantitative estimate of drug-likeness (QED) is 0.727. The fourth-order valence-corrected chi connectivity index (χ4v) is 3.31. The van der Waals surface area contributed by atoms with Crippen LogP contribution in [0.15, 0.2) is 59.9 Å². The molecule has 5 heteroatoms. The van der Waals surface area contributed by atoms with Gasteiger partial charge in [0.05, 0.1) is 6.54 Å². The van der Waals surface area contributed by atoms with Crippen LogP contribution in [0, 0.1) is 0 Å². The molecule has 0 atom stereocenters. The molecule has 0 bridgehead atoms. The molecule has 0 aliphatic carbocycles. The maximum Gasteiger partial charge on any atom is 0.267 e. The van der Waals surface area contributed by atoms with Gasteiger partial charge in [0.25, 0.3) is 11.8 Å². The van der Waals surface area contributed by atoms with Crippen LogP contribution in [0.1, 0.15) is 51.7 Å². The van der Waals surface area contributed by atoms with Crippen LogP contribution in [-0.4, -0.2) is 23.5 Å². The lowest BCUT2D eigenvalue weighted by Crippen LogP contribution is -2.30. The van der Waals surface area contributed by atoms with Crippen LogP contribution in [0.5, 0.6) is 0 Å². The minimum absolute atomic E-state index is 0.00348. The number of hydrogen-bond acceptors (Lipinski definition) is 3. The number of benzene rings is 2. The molecule has 0 saturated carbocycles. The Bertz CT molecular complexity index is 966. The summed E-state index contributed by atoms with van der Waals surface area (Å²) in [7, 11) is 0. The largest absolute Gasteiger partial charge is 0.509 e. The van der Waals surface area contributed by atoms with Crippen LogP contribution >= 0.6 is 0 Å². The number of amides is 2. The van der Waals surface area contributed by atoms with Crippen molar-refractivity contribution in [2.75, 3.05) is 16.8 Å². The standard InChI is InChI=1S/C24H28N2O3/c1-15(2)16-7-6-8-18(13-16)25-22(28)21-20(27)14-26(23(21)29)19-11-9-17(10-12-19)24(3,4)5/h6-13,15,27H,14H2,1-5H3,(H,25,28). The second-order valence-corrected chi connectivity index (χ2v) is 8.74. The topological polar surface area (TPSA) is 69.6 Å². The number of nitrogens with one attached hydrogen (secondary N) is 1. The van der Waals surface area contributed by atoms with Crippen molar-refractivity contribution in [1.82, 2.24) is 0 Å². The first-order valence-electron chi connectivity index (χ1n) is 9.83. The number of hydrogen-bond donors (Lipinski definition) is 2. The summed E-state index contributed by atoms with van der Waals surface area (Å²) in [5, 5.41) is 13.1. The van der Waals surface area contributed by atoms with E-state index < -0.39 is 11.8 Å². The van der Waals surface area contributed by atoms with E-state index in [4.69, 9.17) is 0 Å². The minimum atomic E-state index is -0.595. The summed E-state index contributed by atoms with van der Waals surface area (Å²) < 4.78 is 0. The molecule has 2 amide bonds. The first-order valence-corrected chi connectivity index (χ1v) is 9.83. The summed E-state index contributed by atoms with van der Waals surface area (Å²) in [5.74, 6) is -0.989. The Labute approximate surface area is 172 Å². The molecule has 0 spiro atoms. The van der Waals surface area contributed by atoms with Gasteiger partial charge in [0.15, 0.2) is 0 Å². The summed E-state index contributed by atoms with van der Waals surface area (Å²) in [6.45, 7) is 10.5. The molecule has 0 aromatic heterocycles. The Balaban J connectivity index is 1.77. The van der Waals surface area contributed by atoms with Crippen molar-refractivity contribution in [3.8, 4) is 0 Å². The highest BCUT2D eigenvalue weighted by Gasteiger charge is 2.36. The normalized spacial score (nSPS) is 14.7. The van der Waals surface area contributed by atoms with Gasteiger partial charge in [-0.15, -0.1) is 0 Å². The van der Waals surface area contributed by atoms with Gasteiger partial charge in [-0.1, -0.05) is 58.9 Å². The van der Waals surface area contributed by atoms with Crippen molar-refractivity contribution in [3.63, 3.8) is 0 Å². The first-order chi connectivity index (χ1) is 13.6. The maximum absolute atomic E-state index is 12.9. The van der Waals surface area contributed by atoms with E-state index in [2.05, 4.69) is 39.9 Å². The van der Waals surface area contributed by atoms with E-state index in [1.165, 1.54) is 4.90 Å². The van der Waals surface area contributed by atoms with E-state index in [-0.39, 0.29) is 23.3 Å². The Morgan fingerprint density at radius 1 is 1.10 bits per heavy atom. The lowest BCUT2D eigenvalue weighted by Gasteiger charge is -2.21. The Morgan fingerprint density at radius 2 is 1.76 bits per heavy atom. The molecule has 1 aliphatic rings. The molecule has 5 nitrogen and oxygen atoms in total. The van der Waals surface area contributed by atoms with Crippen molar-refractivity contribution in [2.24, 2.45) is 0 Å². The predicted octanol–water partition coefficient (Wildman–Crippen LogP) is 4.90. The summed E-state index contributed by atoms with van der Waals surface area (Å²) >= 11 is 0. The second-order valence-electron chi connectivity index (χ2n) is 8.74. The number of anilines is 2. The molecule has 3 rings (SSSR count). The highest BCUT2D eigenvalue weighted by atomic mass is 16.3. The molecule has 2 aromatic carbocycles. The zero-order chi connectivity index (χ0) is 21.3. The van der Waals surface area contributed by atoms with Crippen LogP contribution in [0.4, 0.5) is 11.4 Å². The van der Waals surface area contributed by atoms with E-state index >= 15 is 0 Å². The van der Waals surface area contributed by atoms with Crippen molar-refractivity contribution < 1.29 is 14.7 Å². The number of aliphatic hydroxyl groups excluding tert-OH is 1. The molecule has 29 heavy (non-hydrogen) atoms. The maximum atomic E-state index is 12.9. The molecular formula is C24H28N2O3. The predicted molar refractivity (Wildman–Crippen MR) is 116 cm³/mol. The number of aliphatic hydroxyl groups is 1. The van der Waals surface area contributed by atoms with Crippen molar-refractivity contribution in [3.05, 3.63) is 71.0 Å². The SMILES string of the molecule is CC(C)c1cccc(NC(=O)C2=C(O)CN(c3ccc(C(C)(C)C)cc3)C2=O)c1. The van der Waals surface area contributed by atoms with E-state index in [0.717, 1.165) is 11.1 Å². The van der Waals surface area contributed by atoms with Crippen molar-refractivity contribution in [2.45, 2.75) is 46.0 Å². The van der Waals surface area contributed by atoms with Crippen LogP contribution in [0.25, 0.3) is 0 Å². The summed E-state index contributed by atoms with van der Waals surface area (Å²) in [5.41, 5.74) is 3.28. The summed E-state index contributed by atoms with van der Waals surface area (Å²) in [6, 6.07) is 15.1. The monoisotopic (exact) mass is 392 g/mol. The fraction of sp³-hybridized carbons (Fsp3) is 0.333. The zero-order valence-electron chi connectivity index (χ0n) is 17.6. The Kier molecular flexibility index (Phi) is 5.51. The van der Waals surface area contributed by atoms with Gasteiger partial charge in [0, 0.05) is 11.4 Å². The van der Waals surface area contributed by atoms with Gasteiger partial charge in [-0.3, -0.25) is 9.59 Å². The van der Waals surface area contributed by atoms with Gasteiger partial charge in [0.1, 0.15) is 11.3 Å². The van der Waals surface area contributed by atoms with Gasteiger partial charge in [-0.05, 0) is 46.7 Å². The Morgan fingerprint density at radius 3 is 2.34 bits per heavy atom. The average Bonchev–Trinajstić information content (AvgIpc) is 2.95. The zero-order valence-corrected chi connectivity index (χ0v) is 17.6. The summed E-state index contributed by atoms with van der Waals surface area (Å²) in [4.78, 5) is 27.0. The van der Waals surface area contributed by atoms with E-state index in [1.54, 1.807) is 6.07 Å². The smallest absolute Gasteiger partial charge is 0.267 e. The van der Waals surface area contributed by atoms with Crippen molar-refractivity contribution >= 4 is 23.2 Å². The third kappa shape index (κ3) is 4.34.